The molecule has 1 atom stereocenters. The largest absolute Gasteiger partial charge is 0.297 e. The summed E-state index contributed by atoms with van der Waals surface area (Å²) in [7, 11) is 2.16. The molecule has 2 aromatic heterocycles. The minimum Gasteiger partial charge on any atom is -0.297 e. The number of aromatic nitrogens is 3. The van der Waals surface area contributed by atoms with Gasteiger partial charge in [-0.25, -0.2) is 9.97 Å². The molecule has 0 N–H and O–H groups in total. The minimum absolute atomic E-state index is 0.327. The summed E-state index contributed by atoms with van der Waals surface area (Å²) in [6, 6.07) is 12.2. The Morgan fingerprint density at radius 3 is 2.91 bits per heavy atom. The van der Waals surface area contributed by atoms with Crippen LogP contribution in [0, 0.1) is 0 Å². The molecular weight excluding hydrogens is 296 g/mol. The fraction of sp³-hybridized carbons (Fsp3) is 0.294. The molecule has 3 aromatic rings. The lowest BCUT2D eigenvalue weighted by molar-refractivity contribution is 0.304. The third kappa shape index (κ3) is 2.19. The van der Waals surface area contributed by atoms with Gasteiger partial charge in [-0.15, -0.1) is 0 Å². The van der Waals surface area contributed by atoms with E-state index in [0.717, 1.165) is 40.7 Å². The van der Waals surface area contributed by atoms with Crippen molar-refractivity contribution in [2.75, 3.05) is 13.6 Å². The fourth-order valence-electron chi connectivity index (χ4n) is 3.26. The van der Waals surface area contributed by atoms with Crippen molar-refractivity contribution in [3.05, 3.63) is 53.4 Å². The standard InChI is InChI=1S/C17H17ClN4/c1-21-10-4-8-15(21)17-20-14-7-3-9-19-16(14)22(17)13-6-2-5-12(18)11-13/h2-3,5-7,9,11,15H,4,8,10H2,1H3. The maximum Gasteiger partial charge on any atom is 0.164 e. The summed E-state index contributed by atoms with van der Waals surface area (Å²) < 4.78 is 2.15. The molecule has 1 aromatic carbocycles. The molecule has 0 amide bonds. The number of imidazole rings is 1. The van der Waals surface area contributed by atoms with Gasteiger partial charge in [0.15, 0.2) is 5.65 Å². The van der Waals surface area contributed by atoms with E-state index in [0.29, 0.717) is 6.04 Å². The third-order valence-corrected chi connectivity index (χ3v) is 4.56. The second kappa shape index (κ2) is 5.38. The van der Waals surface area contributed by atoms with E-state index in [9.17, 15) is 0 Å². The Labute approximate surface area is 134 Å². The zero-order chi connectivity index (χ0) is 15.1. The number of hydrogen-bond acceptors (Lipinski definition) is 3. The van der Waals surface area contributed by atoms with Crippen LogP contribution in [-0.2, 0) is 0 Å². The van der Waals surface area contributed by atoms with Crippen LogP contribution in [0.15, 0.2) is 42.6 Å². The first-order chi connectivity index (χ1) is 10.7. The average Bonchev–Trinajstić information content (AvgIpc) is 3.10. The molecule has 22 heavy (non-hydrogen) atoms. The Morgan fingerprint density at radius 1 is 1.23 bits per heavy atom. The van der Waals surface area contributed by atoms with Gasteiger partial charge in [0, 0.05) is 11.2 Å². The molecule has 112 valence electrons. The highest BCUT2D eigenvalue weighted by Gasteiger charge is 2.28. The van der Waals surface area contributed by atoms with Crippen LogP contribution in [-0.4, -0.2) is 33.0 Å². The van der Waals surface area contributed by atoms with E-state index in [4.69, 9.17) is 16.6 Å². The van der Waals surface area contributed by atoms with Crippen molar-refractivity contribution >= 4 is 22.8 Å². The summed E-state index contributed by atoms with van der Waals surface area (Å²) in [6.07, 6.45) is 4.14. The summed E-state index contributed by atoms with van der Waals surface area (Å²) in [6.45, 7) is 1.11. The smallest absolute Gasteiger partial charge is 0.164 e. The molecule has 4 rings (SSSR count). The first-order valence-electron chi connectivity index (χ1n) is 7.53. The van der Waals surface area contributed by atoms with Gasteiger partial charge in [0.05, 0.1) is 11.7 Å². The molecule has 1 saturated heterocycles. The minimum atomic E-state index is 0.327. The predicted molar refractivity (Wildman–Crippen MR) is 88.5 cm³/mol. The van der Waals surface area contributed by atoms with E-state index in [1.807, 2.05) is 36.5 Å². The Balaban J connectivity index is 1.98. The fourth-order valence-corrected chi connectivity index (χ4v) is 3.44. The highest BCUT2D eigenvalue weighted by Crippen LogP contribution is 2.33. The Bertz CT molecular complexity index is 826. The molecule has 5 heteroatoms. The summed E-state index contributed by atoms with van der Waals surface area (Å²) in [4.78, 5) is 11.8. The molecule has 0 saturated carbocycles. The van der Waals surface area contributed by atoms with Gasteiger partial charge in [0.25, 0.3) is 0 Å². The van der Waals surface area contributed by atoms with Crippen molar-refractivity contribution in [3.8, 4) is 5.69 Å². The molecular formula is C17H17ClN4. The van der Waals surface area contributed by atoms with Gasteiger partial charge in [-0.05, 0) is 56.8 Å². The third-order valence-electron chi connectivity index (χ3n) is 4.33. The Hall–Kier alpha value is -1.91. The van der Waals surface area contributed by atoms with Crippen LogP contribution in [0.5, 0.6) is 0 Å². The topological polar surface area (TPSA) is 34.0 Å². The van der Waals surface area contributed by atoms with Crippen molar-refractivity contribution in [2.24, 2.45) is 0 Å². The second-order valence-corrected chi connectivity index (χ2v) is 6.21. The van der Waals surface area contributed by atoms with E-state index >= 15 is 0 Å². The molecule has 1 fully saturated rings. The zero-order valence-electron chi connectivity index (χ0n) is 12.4. The van der Waals surface area contributed by atoms with E-state index < -0.39 is 0 Å². The zero-order valence-corrected chi connectivity index (χ0v) is 13.2. The Kier molecular flexibility index (Phi) is 3.36. The SMILES string of the molecule is CN1CCCC1c1nc2cccnc2n1-c1cccc(Cl)c1. The normalized spacial score (nSPS) is 19.1. The van der Waals surface area contributed by atoms with Gasteiger partial charge >= 0.3 is 0 Å². The van der Waals surface area contributed by atoms with Gasteiger partial charge in [0.2, 0.25) is 0 Å². The van der Waals surface area contributed by atoms with Crippen LogP contribution >= 0.6 is 11.6 Å². The summed E-state index contributed by atoms with van der Waals surface area (Å²) in [5.41, 5.74) is 2.84. The number of nitrogens with zero attached hydrogens (tertiary/aromatic N) is 4. The van der Waals surface area contributed by atoms with Crippen molar-refractivity contribution in [1.82, 2.24) is 19.4 Å². The number of benzene rings is 1. The quantitative estimate of drug-likeness (QED) is 0.721. The maximum atomic E-state index is 6.19. The average molecular weight is 313 g/mol. The molecule has 1 unspecified atom stereocenters. The summed E-state index contributed by atoms with van der Waals surface area (Å²) >= 11 is 6.19. The van der Waals surface area contributed by atoms with Crippen LogP contribution in [0.3, 0.4) is 0 Å². The van der Waals surface area contributed by atoms with Gasteiger partial charge in [0.1, 0.15) is 11.3 Å². The predicted octanol–water partition coefficient (Wildman–Crippen LogP) is 3.84. The molecule has 0 aliphatic carbocycles. The lowest BCUT2D eigenvalue weighted by Crippen LogP contribution is -2.20. The number of likely N-dealkylation sites (tertiary alicyclic amines) is 1. The molecule has 0 radical (unpaired) electrons. The van der Waals surface area contributed by atoms with Crippen molar-refractivity contribution < 1.29 is 0 Å². The van der Waals surface area contributed by atoms with Crippen LogP contribution in [0.1, 0.15) is 24.7 Å². The molecule has 4 nitrogen and oxygen atoms in total. The van der Waals surface area contributed by atoms with Gasteiger partial charge in [-0.1, -0.05) is 17.7 Å². The summed E-state index contributed by atoms with van der Waals surface area (Å²) in [5.74, 6) is 1.05. The highest BCUT2D eigenvalue weighted by molar-refractivity contribution is 6.30. The number of pyridine rings is 1. The Morgan fingerprint density at radius 2 is 2.14 bits per heavy atom. The summed E-state index contributed by atoms with van der Waals surface area (Å²) in [5, 5.41) is 0.723. The molecule has 3 heterocycles. The van der Waals surface area contributed by atoms with Gasteiger partial charge in [-0.2, -0.15) is 0 Å². The molecule has 0 bridgehead atoms. The van der Waals surface area contributed by atoms with Crippen molar-refractivity contribution in [2.45, 2.75) is 18.9 Å². The number of fused-ring (bicyclic) bond motifs is 1. The molecule has 1 aliphatic heterocycles. The highest BCUT2D eigenvalue weighted by atomic mass is 35.5. The van der Waals surface area contributed by atoms with Crippen LogP contribution < -0.4 is 0 Å². The van der Waals surface area contributed by atoms with Crippen molar-refractivity contribution in [1.29, 1.82) is 0 Å². The van der Waals surface area contributed by atoms with E-state index in [2.05, 4.69) is 27.6 Å². The lowest BCUT2D eigenvalue weighted by Gasteiger charge is -2.20. The number of halogens is 1. The second-order valence-electron chi connectivity index (χ2n) is 5.77. The van der Waals surface area contributed by atoms with Crippen LogP contribution in [0.2, 0.25) is 5.02 Å². The monoisotopic (exact) mass is 312 g/mol. The van der Waals surface area contributed by atoms with Gasteiger partial charge in [-0.3, -0.25) is 9.47 Å². The van der Waals surface area contributed by atoms with E-state index in [1.165, 1.54) is 6.42 Å². The molecule has 0 spiro atoms. The molecule has 1 aliphatic rings. The van der Waals surface area contributed by atoms with Gasteiger partial charge < -0.3 is 0 Å². The maximum absolute atomic E-state index is 6.19. The number of hydrogen-bond donors (Lipinski definition) is 0. The van der Waals surface area contributed by atoms with Crippen LogP contribution in [0.4, 0.5) is 0 Å². The first kappa shape index (κ1) is 13.7. The lowest BCUT2D eigenvalue weighted by atomic mass is 10.2. The van der Waals surface area contributed by atoms with Crippen LogP contribution in [0.25, 0.3) is 16.9 Å². The van der Waals surface area contributed by atoms with E-state index in [1.54, 1.807) is 0 Å². The number of rotatable bonds is 2. The van der Waals surface area contributed by atoms with E-state index in [-0.39, 0.29) is 0 Å². The van der Waals surface area contributed by atoms with Crippen molar-refractivity contribution in [3.63, 3.8) is 0 Å². The first-order valence-corrected chi connectivity index (χ1v) is 7.91.